The van der Waals surface area contributed by atoms with Gasteiger partial charge in [0, 0.05) is 16.1 Å². The maximum atomic E-state index is 12.9. The summed E-state index contributed by atoms with van der Waals surface area (Å²) in [5.41, 5.74) is 2.01. The Bertz CT molecular complexity index is 901. The van der Waals surface area contributed by atoms with Gasteiger partial charge in [-0.3, -0.25) is 4.79 Å². The lowest BCUT2D eigenvalue weighted by Gasteiger charge is -2.32. The first-order chi connectivity index (χ1) is 13.3. The maximum absolute atomic E-state index is 12.9. The van der Waals surface area contributed by atoms with Crippen molar-refractivity contribution in [2.45, 2.75) is 65.2 Å². The van der Waals surface area contributed by atoms with Crippen LogP contribution in [0, 0.1) is 0 Å². The van der Waals surface area contributed by atoms with E-state index in [2.05, 4.69) is 5.32 Å². The zero-order valence-corrected chi connectivity index (χ0v) is 19.0. The lowest BCUT2D eigenvalue weighted by atomic mass is 9.76. The zero-order chi connectivity index (χ0) is 21.6. The van der Waals surface area contributed by atoms with Gasteiger partial charge in [0.05, 0.1) is 11.2 Å². The molecule has 2 aromatic carbocycles. The average Bonchev–Trinajstić information content (AvgIpc) is 2.81. The molecule has 0 radical (unpaired) electrons. The predicted octanol–water partition coefficient (Wildman–Crippen LogP) is 4.83. The molecule has 0 aliphatic carbocycles. The quantitative estimate of drug-likeness (QED) is 0.733. The first-order valence-corrected chi connectivity index (χ1v) is 10.2. The van der Waals surface area contributed by atoms with Crippen molar-refractivity contribution >= 4 is 30.1 Å². The second-order valence-corrected chi connectivity index (χ2v) is 10.1. The third kappa shape index (κ3) is 4.85. The minimum atomic E-state index is -0.548. The highest BCUT2D eigenvalue weighted by atomic mass is 35.5. The molecule has 0 bridgehead atoms. The van der Waals surface area contributed by atoms with Crippen LogP contribution in [0.25, 0.3) is 11.1 Å². The van der Waals surface area contributed by atoms with E-state index in [0.29, 0.717) is 10.6 Å². The van der Waals surface area contributed by atoms with Gasteiger partial charge in [0.2, 0.25) is 0 Å². The number of nitrogens with one attached hydrogen (secondary N) is 1. The summed E-state index contributed by atoms with van der Waals surface area (Å²) in [4.78, 5) is 12.9. The molecule has 1 amide bonds. The highest BCUT2D eigenvalue weighted by molar-refractivity contribution is 6.62. The van der Waals surface area contributed by atoms with Crippen molar-refractivity contribution in [2.24, 2.45) is 0 Å². The van der Waals surface area contributed by atoms with Gasteiger partial charge in [-0.2, -0.15) is 0 Å². The number of hydrogen-bond donors (Lipinski definition) is 1. The van der Waals surface area contributed by atoms with E-state index in [0.717, 1.165) is 16.6 Å². The molecular formula is C23H29BClNO3. The van der Waals surface area contributed by atoms with Gasteiger partial charge in [0.15, 0.2) is 0 Å². The van der Waals surface area contributed by atoms with Crippen molar-refractivity contribution in [2.75, 3.05) is 0 Å². The molecule has 1 aliphatic heterocycles. The van der Waals surface area contributed by atoms with Crippen molar-refractivity contribution in [1.29, 1.82) is 0 Å². The second kappa shape index (κ2) is 7.46. The molecule has 0 spiro atoms. The Morgan fingerprint density at radius 3 is 2.00 bits per heavy atom. The minimum Gasteiger partial charge on any atom is -0.399 e. The first-order valence-electron chi connectivity index (χ1n) is 9.86. The molecule has 0 saturated carbocycles. The monoisotopic (exact) mass is 413 g/mol. The van der Waals surface area contributed by atoms with E-state index in [1.807, 2.05) is 90.9 Å². The van der Waals surface area contributed by atoms with Crippen LogP contribution in [0.15, 0.2) is 42.5 Å². The van der Waals surface area contributed by atoms with E-state index in [9.17, 15) is 4.79 Å². The number of benzene rings is 2. The van der Waals surface area contributed by atoms with E-state index in [1.54, 1.807) is 0 Å². The van der Waals surface area contributed by atoms with Gasteiger partial charge < -0.3 is 14.6 Å². The van der Waals surface area contributed by atoms with Crippen molar-refractivity contribution in [1.82, 2.24) is 5.32 Å². The lowest BCUT2D eigenvalue weighted by molar-refractivity contribution is 0.00578. The highest BCUT2D eigenvalue weighted by Crippen LogP contribution is 2.37. The summed E-state index contributed by atoms with van der Waals surface area (Å²) in [6.07, 6.45) is 0. The number of amides is 1. The largest absolute Gasteiger partial charge is 0.494 e. The number of carbonyl (C=O) groups is 1. The third-order valence-corrected chi connectivity index (χ3v) is 5.66. The fourth-order valence-electron chi connectivity index (χ4n) is 3.12. The standard InChI is InChI=1S/C23H29BClNO3/c1-21(2,3)26-20(27)17-12-16(15-8-10-19(25)11-9-15)13-18(14-17)24-28-22(4,5)23(6,7)29-24/h8-14H,1-7H3,(H,26,27). The molecule has 1 aliphatic rings. The van der Waals surface area contributed by atoms with Crippen LogP contribution in [0.1, 0.15) is 58.8 Å². The summed E-state index contributed by atoms with van der Waals surface area (Å²) >= 11 is 6.05. The Morgan fingerprint density at radius 2 is 1.48 bits per heavy atom. The first kappa shape index (κ1) is 21.9. The zero-order valence-electron chi connectivity index (χ0n) is 18.2. The molecule has 1 fully saturated rings. The van der Waals surface area contributed by atoms with Crippen LogP contribution >= 0.6 is 11.6 Å². The van der Waals surface area contributed by atoms with Crippen LogP contribution in [0.3, 0.4) is 0 Å². The molecule has 0 aromatic heterocycles. The Labute approximate surface area is 179 Å². The summed E-state index contributed by atoms with van der Waals surface area (Å²) in [6, 6.07) is 13.3. The highest BCUT2D eigenvalue weighted by Gasteiger charge is 2.51. The summed E-state index contributed by atoms with van der Waals surface area (Å²) in [7, 11) is -0.548. The van der Waals surface area contributed by atoms with Crippen LogP contribution in [-0.4, -0.2) is 29.8 Å². The van der Waals surface area contributed by atoms with Gasteiger partial charge in [0.25, 0.3) is 5.91 Å². The Kier molecular flexibility index (Phi) is 5.63. The van der Waals surface area contributed by atoms with Crippen LogP contribution in [-0.2, 0) is 9.31 Å². The Hall–Kier alpha value is -1.82. The molecule has 4 nitrogen and oxygen atoms in total. The van der Waals surface area contributed by atoms with E-state index >= 15 is 0 Å². The van der Waals surface area contributed by atoms with Crippen LogP contribution < -0.4 is 10.8 Å². The van der Waals surface area contributed by atoms with Gasteiger partial charge in [-0.15, -0.1) is 0 Å². The molecule has 0 atom stereocenters. The Morgan fingerprint density at radius 1 is 0.931 bits per heavy atom. The molecule has 29 heavy (non-hydrogen) atoms. The van der Waals surface area contributed by atoms with Gasteiger partial charge in [-0.05, 0) is 89.3 Å². The normalized spacial score (nSPS) is 18.0. The fourth-order valence-corrected chi connectivity index (χ4v) is 3.25. The molecule has 1 saturated heterocycles. The van der Waals surface area contributed by atoms with Crippen LogP contribution in [0.4, 0.5) is 0 Å². The molecular weight excluding hydrogens is 385 g/mol. The van der Waals surface area contributed by atoms with Gasteiger partial charge in [-0.1, -0.05) is 29.8 Å². The number of rotatable bonds is 3. The van der Waals surface area contributed by atoms with Gasteiger partial charge >= 0.3 is 7.12 Å². The van der Waals surface area contributed by atoms with E-state index in [-0.39, 0.29) is 11.4 Å². The average molecular weight is 414 g/mol. The molecule has 1 heterocycles. The summed E-state index contributed by atoms with van der Waals surface area (Å²) in [6.45, 7) is 14.0. The Balaban J connectivity index is 2.06. The summed E-state index contributed by atoms with van der Waals surface area (Å²) in [5, 5.41) is 3.70. The second-order valence-electron chi connectivity index (χ2n) is 9.64. The third-order valence-electron chi connectivity index (χ3n) is 5.41. The number of hydrogen-bond acceptors (Lipinski definition) is 3. The van der Waals surface area contributed by atoms with Gasteiger partial charge in [0.1, 0.15) is 0 Å². The summed E-state index contributed by atoms with van der Waals surface area (Å²) in [5.74, 6) is -0.133. The molecule has 0 unspecified atom stereocenters. The predicted molar refractivity (Wildman–Crippen MR) is 120 cm³/mol. The van der Waals surface area contributed by atoms with Crippen molar-refractivity contribution in [3.8, 4) is 11.1 Å². The van der Waals surface area contributed by atoms with E-state index in [4.69, 9.17) is 20.9 Å². The van der Waals surface area contributed by atoms with Gasteiger partial charge in [-0.25, -0.2) is 0 Å². The SMILES string of the molecule is CC(C)(C)NC(=O)c1cc(B2OC(C)(C)C(C)(C)O2)cc(-c2ccc(Cl)cc2)c1. The van der Waals surface area contributed by atoms with Crippen molar-refractivity contribution in [3.63, 3.8) is 0 Å². The molecule has 6 heteroatoms. The van der Waals surface area contributed by atoms with E-state index < -0.39 is 18.3 Å². The molecule has 3 rings (SSSR count). The number of halogens is 1. The molecule has 154 valence electrons. The van der Waals surface area contributed by atoms with Crippen molar-refractivity contribution in [3.05, 3.63) is 53.1 Å². The maximum Gasteiger partial charge on any atom is 0.494 e. The molecule has 2 aromatic rings. The minimum absolute atomic E-state index is 0.133. The number of carbonyl (C=O) groups excluding carboxylic acids is 1. The lowest BCUT2D eigenvalue weighted by Crippen LogP contribution is -2.41. The molecule has 1 N–H and O–H groups in total. The topological polar surface area (TPSA) is 47.6 Å². The summed E-state index contributed by atoms with van der Waals surface area (Å²) < 4.78 is 12.4. The van der Waals surface area contributed by atoms with Crippen molar-refractivity contribution < 1.29 is 14.1 Å². The fraction of sp³-hybridized carbons (Fsp3) is 0.435. The van der Waals surface area contributed by atoms with E-state index in [1.165, 1.54) is 0 Å². The smallest absolute Gasteiger partial charge is 0.399 e. The van der Waals surface area contributed by atoms with Crippen LogP contribution in [0.2, 0.25) is 5.02 Å². The van der Waals surface area contributed by atoms with Crippen LogP contribution in [0.5, 0.6) is 0 Å².